The van der Waals surface area contributed by atoms with Gasteiger partial charge in [0, 0.05) is 31.7 Å². The van der Waals surface area contributed by atoms with Crippen molar-refractivity contribution in [2.45, 2.75) is 25.5 Å². The summed E-state index contributed by atoms with van der Waals surface area (Å²) in [7, 11) is -5.41. The topological polar surface area (TPSA) is 104 Å². The number of anilines is 2. The van der Waals surface area contributed by atoms with Crippen LogP contribution in [0.4, 0.5) is 11.4 Å². The van der Waals surface area contributed by atoms with Crippen molar-refractivity contribution in [2.75, 3.05) is 36.0 Å². The van der Waals surface area contributed by atoms with E-state index in [4.69, 9.17) is 0 Å². The molecule has 174 valence electrons. The Morgan fingerprint density at radius 2 is 1.72 bits per heavy atom. The summed E-state index contributed by atoms with van der Waals surface area (Å²) >= 11 is 0. The monoisotopic (exact) mass is 479 g/mol. The Morgan fingerprint density at radius 1 is 1.06 bits per heavy atom. The Hall–Kier alpha value is -2.43. The molecule has 1 amide bonds. The third-order valence-electron chi connectivity index (χ3n) is 5.62. The van der Waals surface area contributed by atoms with E-state index in [0.29, 0.717) is 37.3 Å². The van der Waals surface area contributed by atoms with Crippen LogP contribution in [-0.2, 0) is 30.6 Å². The van der Waals surface area contributed by atoms with Crippen LogP contribution in [-0.4, -0.2) is 53.4 Å². The number of nitrogens with one attached hydrogen (secondary N) is 1. The molecule has 3 rings (SSSR count). The van der Waals surface area contributed by atoms with Crippen LogP contribution in [0.5, 0.6) is 0 Å². The van der Waals surface area contributed by atoms with Crippen molar-refractivity contribution < 1.29 is 21.6 Å². The second-order valence-corrected chi connectivity index (χ2v) is 12.2. The van der Waals surface area contributed by atoms with Gasteiger partial charge in [-0.2, -0.15) is 0 Å². The van der Waals surface area contributed by atoms with Gasteiger partial charge in [-0.3, -0.25) is 9.10 Å². The van der Waals surface area contributed by atoms with Crippen molar-refractivity contribution >= 4 is 37.3 Å². The van der Waals surface area contributed by atoms with Gasteiger partial charge in [-0.15, -0.1) is 0 Å². The number of aryl methyl sites for hydroxylation is 1. The first kappa shape index (κ1) is 24.2. The van der Waals surface area contributed by atoms with Crippen LogP contribution in [0.25, 0.3) is 0 Å². The lowest BCUT2D eigenvalue weighted by molar-refractivity contribution is -0.120. The minimum atomic E-state index is -3.45. The van der Waals surface area contributed by atoms with Crippen LogP contribution < -0.4 is 9.62 Å². The maximum atomic E-state index is 12.8. The van der Waals surface area contributed by atoms with Gasteiger partial charge >= 0.3 is 0 Å². The summed E-state index contributed by atoms with van der Waals surface area (Å²) in [6.07, 6.45) is 1.97. The van der Waals surface area contributed by atoms with Gasteiger partial charge in [0.1, 0.15) is 0 Å². The zero-order valence-electron chi connectivity index (χ0n) is 18.5. The van der Waals surface area contributed by atoms with Gasteiger partial charge in [0.25, 0.3) is 0 Å². The van der Waals surface area contributed by atoms with E-state index in [9.17, 15) is 21.6 Å². The molecule has 1 saturated heterocycles. The largest absolute Gasteiger partial charge is 0.326 e. The molecule has 10 heteroatoms. The summed E-state index contributed by atoms with van der Waals surface area (Å²) in [6, 6.07) is 14.1. The molecule has 1 aliphatic rings. The summed E-state index contributed by atoms with van der Waals surface area (Å²) < 4.78 is 51.7. The molecule has 0 saturated carbocycles. The number of hydrogen-bond acceptors (Lipinski definition) is 5. The summed E-state index contributed by atoms with van der Waals surface area (Å²) in [5.74, 6) is -0.553. The lowest BCUT2D eigenvalue weighted by atomic mass is 9.97. The third-order valence-corrected chi connectivity index (χ3v) is 8.68. The molecule has 2 aromatic rings. The molecule has 32 heavy (non-hydrogen) atoms. The summed E-state index contributed by atoms with van der Waals surface area (Å²) in [6.45, 7) is 2.52. The van der Waals surface area contributed by atoms with Gasteiger partial charge in [-0.1, -0.05) is 35.9 Å². The molecule has 0 atom stereocenters. The second kappa shape index (κ2) is 9.60. The highest BCUT2D eigenvalue weighted by molar-refractivity contribution is 7.92. The first-order valence-corrected chi connectivity index (χ1v) is 13.8. The first-order valence-electron chi connectivity index (χ1n) is 10.3. The molecule has 0 aromatic heterocycles. The fraction of sp³-hybridized carbons (Fsp3) is 0.409. The predicted octanol–water partition coefficient (Wildman–Crippen LogP) is 2.57. The maximum Gasteiger partial charge on any atom is 0.231 e. The van der Waals surface area contributed by atoms with Gasteiger partial charge in [0.15, 0.2) is 0 Å². The van der Waals surface area contributed by atoms with Crippen LogP contribution >= 0.6 is 0 Å². The van der Waals surface area contributed by atoms with E-state index in [0.717, 1.165) is 21.7 Å². The van der Waals surface area contributed by atoms with Crippen molar-refractivity contribution in [2.24, 2.45) is 5.92 Å². The Bertz CT molecular complexity index is 1190. The van der Waals surface area contributed by atoms with Gasteiger partial charge in [0.05, 0.1) is 17.7 Å². The lowest BCUT2D eigenvalue weighted by Gasteiger charge is -2.30. The Morgan fingerprint density at radius 3 is 2.34 bits per heavy atom. The van der Waals surface area contributed by atoms with E-state index >= 15 is 0 Å². The van der Waals surface area contributed by atoms with Crippen molar-refractivity contribution in [3.05, 3.63) is 59.7 Å². The van der Waals surface area contributed by atoms with Crippen LogP contribution in [0, 0.1) is 12.8 Å². The molecule has 0 bridgehead atoms. The molecule has 1 N–H and O–H groups in total. The average molecular weight is 480 g/mol. The zero-order chi connectivity index (χ0) is 23.5. The zero-order valence-corrected chi connectivity index (χ0v) is 20.1. The highest BCUT2D eigenvalue weighted by Gasteiger charge is 2.31. The minimum absolute atomic E-state index is 0.0494. The van der Waals surface area contributed by atoms with Crippen LogP contribution in [0.15, 0.2) is 48.5 Å². The van der Waals surface area contributed by atoms with Crippen LogP contribution in [0.2, 0.25) is 0 Å². The molecule has 0 aliphatic carbocycles. The van der Waals surface area contributed by atoms with Gasteiger partial charge < -0.3 is 5.32 Å². The molecule has 1 fully saturated rings. The minimum Gasteiger partial charge on any atom is -0.326 e. The Labute approximate surface area is 190 Å². The van der Waals surface area contributed by atoms with Crippen LogP contribution in [0.3, 0.4) is 0 Å². The van der Waals surface area contributed by atoms with E-state index in [1.54, 1.807) is 30.3 Å². The Kier molecular flexibility index (Phi) is 7.26. The molecule has 1 aliphatic heterocycles. The van der Waals surface area contributed by atoms with Crippen molar-refractivity contribution in [1.82, 2.24) is 4.31 Å². The van der Waals surface area contributed by atoms with Crippen LogP contribution in [0.1, 0.15) is 24.0 Å². The summed E-state index contributed by atoms with van der Waals surface area (Å²) in [5, 5.41) is 2.83. The lowest BCUT2D eigenvalue weighted by Crippen LogP contribution is -2.41. The second-order valence-electron chi connectivity index (χ2n) is 8.19. The number of piperidine rings is 1. The number of amides is 1. The molecule has 0 spiro atoms. The predicted molar refractivity (Wildman–Crippen MR) is 126 cm³/mol. The summed E-state index contributed by atoms with van der Waals surface area (Å²) in [4.78, 5) is 12.7. The highest BCUT2D eigenvalue weighted by Crippen LogP contribution is 2.25. The fourth-order valence-corrected chi connectivity index (χ4v) is 5.76. The van der Waals surface area contributed by atoms with Gasteiger partial charge in [0.2, 0.25) is 26.0 Å². The van der Waals surface area contributed by atoms with Crippen molar-refractivity contribution in [1.29, 1.82) is 0 Å². The molecule has 2 aromatic carbocycles. The Balaban J connectivity index is 1.59. The number of hydrogen-bond donors (Lipinski definition) is 1. The van der Waals surface area contributed by atoms with Crippen molar-refractivity contribution in [3.8, 4) is 0 Å². The first-order chi connectivity index (χ1) is 15.0. The van der Waals surface area contributed by atoms with E-state index in [-0.39, 0.29) is 17.6 Å². The average Bonchev–Trinajstić information content (AvgIpc) is 2.72. The molecule has 0 unspecified atom stereocenters. The molecular formula is C22H29N3O5S2. The molecule has 8 nitrogen and oxygen atoms in total. The number of nitrogens with zero attached hydrogens (tertiary/aromatic N) is 2. The van der Waals surface area contributed by atoms with E-state index in [2.05, 4.69) is 5.32 Å². The number of carbonyl (C=O) groups is 1. The normalized spacial score (nSPS) is 16.0. The standard InChI is InChI=1S/C22H29N3O5S2/c1-17-6-4-7-18(14-17)16-32(29,30)25-12-10-19(11-13-25)22(26)23-20-8-5-9-21(15-20)24(2)31(3,27)28/h4-9,14-15,19H,10-13,16H2,1-3H3,(H,23,26). The van der Waals surface area contributed by atoms with Crippen molar-refractivity contribution in [3.63, 3.8) is 0 Å². The fourth-order valence-electron chi connectivity index (χ4n) is 3.72. The quantitative estimate of drug-likeness (QED) is 0.657. The van der Waals surface area contributed by atoms with Gasteiger partial charge in [-0.25, -0.2) is 21.1 Å². The van der Waals surface area contributed by atoms with E-state index in [1.807, 2.05) is 25.1 Å². The smallest absolute Gasteiger partial charge is 0.231 e. The summed E-state index contributed by atoms with van der Waals surface area (Å²) in [5.41, 5.74) is 2.71. The number of rotatable bonds is 7. The molecular weight excluding hydrogens is 450 g/mol. The van der Waals surface area contributed by atoms with E-state index < -0.39 is 20.0 Å². The molecule has 0 radical (unpaired) electrons. The van der Waals surface area contributed by atoms with E-state index in [1.165, 1.54) is 11.4 Å². The number of carbonyl (C=O) groups excluding carboxylic acids is 1. The third kappa shape index (κ3) is 6.08. The van der Waals surface area contributed by atoms with Gasteiger partial charge in [-0.05, 0) is 43.5 Å². The number of benzene rings is 2. The number of sulfonamides is 2. The highest BCUT2D eigenvalue weighted by atomic mass is 32.2. The SMILES string of the molecule is Cc1cccc(CS(=O)(=O)N2CCC(C(=O)Nc3cccc(N(C)S(C)(=O)=O)c3)CC2)c1. The molecule has 1 heterocycles. The maximum absolute atomic E-state index is 12.8.